The molecule has 3 heterocycles. The van der Waals surface area contributed by atoms with Crippen molar-refractivity contribution in [2.24, 2.45) is 11.8 Å². The summed E-state index contributed by atoms with van der Waals surface area (Å²) in [7, 11) is 1.69. The Kier molecular flexibility index (Phi) is 13.1. The third-order valence-corrected chi connectivity index (χ3v) is 11.8. The van der Waals surface area contributed by atoms with Gasteiger partial charge in [-0.3, -0.25) is 19.2 Å². The molecule has 11 heteroatoms. The van der Waals surface area contributed by atoms with Crippen molar-refractivity contribution in [3.05, 3.63) is 97.1 Å². The molecule has 1 N–H and O–H groups in total. The van der Waals surface area contributed by atoms with E-state index in [4.69, 9.17) is 9.47 Å². The van der Waals surface area contributed by atoms with E-state index in [-0.39, 0.29) is 36.2 Å². The molecule has 3 amide bonds. The van der Waals surface area contributed by atoms with Crippen LogP contribution in [-0.4, -0.2) is 105 Å². The Hall–Kier alpha value is -3.80. The average Bonchev–Trinajstić information content (AvgIpc) is 3.76. The van der Waals surface area contributed by atoms with Gasteiger partial charge in [0, 0.05) is 31.4 Å². The number of carbonyl (C=O) groups excluding carboxylic acids is 4. The number of esters is 1. The number of aliphatic hydroxyl groups excluding tert-OH is 1. The minimum Gasteiger partial charge on any atom is -0.455 e. The number of ether oxygens (including phenoxy) is 2. The normalized spacial score (nSPS) is 26.3. The number of likely N-dealkylation sites (tertiary alicyclic amines) is 1. The fourth-order valence-electron chi connectivity index (χ4n) is 8.24. The minimum atomic E-state index is -1.34. The first-order chi connectivity index (χ1) is 25.0. The molecule has 280 valence electrons. The number of hydrogen-bond donors (Lipinski definition) is 1. The zero-order valence-electron chi connectivity index (χ0n) is 30.4. The molecular weight excluding hydrogens is 726 g/mol. The Bertz CT molecular complexity index is 1590. The number of amides is 3. The average molecular weight is 779 g/mol. The monoisotopic (exact) mass is 777 g/mol. The zero-order chi connectivity index (χ0) is 37.6. The lowest BCUT2D eigenvalue weighted by molar-refractivity contribution is -0.165. The third-order valence-electron chi connectivity index (χ3n) is 11.0. The van der Waals surface area contributed by atoms with Crippen molar-refractivity contribution in [1.82, 2.24) is 14.7 Å². The summed E-state index contributed by atoms with van der Waals surface area (Å²) in [5.41, 5.74) is 0.264. The molecule has 2 aromatic rings. The number of likely N-dealkylation sites (N-methyl/N-ethyl adjacent to an activating group) is 1. The molecule has 10 nitrogen and oxygen atoms in total. The van der Waals surface area contributed by atoms with Crippen LogP contribution in [0, 0.1) is 11.8 Å². The molecule has 0 radical (unpaired) electrons. The Morgan fingerprint density at radius 3 is 2.40 bits per heavy atom. The van der Waals surface area contributed by atoms with Gasteiger partial charge in [0.1, 0.15) is 17.7 Å². The highest BCUT2D eigenvalue weighted by Crippen LogP contribution is 2.61. The summed E-state index contributed by atoms with van der Waals surface area (Å²) in [4.78, 5) is 61.9. The molecule has 1 unspecified atom stereocenters. The lowest BCUT2D eigenvalue weighted by Crippen LogP contribution is -2.59. The molecule has 3 fully saturated rings. The number of halogens is 1. The number of nitrogens with zero attached hydrogens (tertiary/aromatic N) is 3. The Labute approximate surface area is 315 Å². The summed E-state index contributed by atoms with van der Waals surface area (Å²) in [5, 5.41) is 10.8. The van der Waals surface area contributed by atoms with Crippen molar-refractivity contribution in [2.45, 2.75) is 93.1 Å². The van der Waals surface area contributed by atoms with E-state index in [1.54, 1.807) is 29.0 Å². The minimum absolute atomic E-state index is 0.115. The van der Waals surface area contributed by atoms with Crippen LogP contribution in [0.1, 0.15) is 63.2 Å². The smallest absolute Gasteiger partial charge is 0.313 e. The van der Waals surface area contributed by atoms with Crippen molar-refractivity contribution in [1.29, 1.82) is 0 Å². The maximum Gasteiger partial charge on any atom is 0.313 e. The fraction of sp³-hybridized carbons (Fsp3) is 0.512. The quantitative estimate of drug-likeness (QED) is 0.125. The third kappa shape index (κ3) is 7.63. The van der Waals surface area contributed by atoms with Gasteiger partial charge in [-0.05, 0) is 43.7 Å². The summed E-state index contributed by atoms with van der Waals surface area (Å²) in [6.45, 7) is 11.8. The van der Waals surface area contributed by atoms with E-state index in [1.807, 2.05) is 74.5 Å². The highest BCUT2D eigenvalue weighted by atomic mass is 79.9. The summed E-state index contributed by atoms with van der Waals surface area (Å²) in [5.74, 6) is -3.50. The maximum atomic E-state index is 14.9. The molecule has 9 atom stereocenters. The van der Waals surface area contributed by atoms with E-state index in [0.717, 1.165) is 18.4 Å². The number of alkyl halides is 1. The van der Waals surface area contributed by atoms with Crippen LogP contribution in [0.5, 0.6) is 0 Å². The number of carbonyl (C=O) groups is 4. The molecule has 5 rings (SSSR count). The van der Waals surface area contributed by atoms with E-state index < -0.39 is 59.6 Å². The van der Waals surface area contributed by atoms with Crippen molar-refractivity contribution in [3.63, 3.8) is 0 Å². The first kappa shape index (κ1) is 39.4. The van der Waals surface area contributed by atoms with E-state index in [1.165, 1.54) is 4.90 Å². The lowest BCUT2D eigenvalue weighted by Gasteiger charge is -2.39. The van der Waals surface area contributed by atoms with Gasteiger partial charge < -0.3 is 29.3 Å². The van der Waals surface area contributed by atoms with Crippen molar-refractivity contribution in [2.75, 3.05) is 26.7 Å². The molecule has 3 aliphatic heterocycles. The topological polar surface area (TPSA) is 117 Å². The molecule has 0 aliphatic carbocycles. The molecule has 52 heavy (non-hydrogen) atoms. The van der Waals surface area contributed by atoms with Gasteiger partial charge >= 0.3 is 5.97 Å². The number of aliphatic hydroxyl groups is 1. The van der Waals surface area contributed by atoms with Crippen molar-refractivity contribution >= 4 is 39.6 Å². The first-order valence-corrected chi connectivity index (χ1v) is 19.3. The van der Waals surface area contributed by atoms with Crippen LogP contribution in [0.2, 0.25) is 0 Å². The van der Waals surface area contributed by atoms with Crippen LogP contribution in [-0.2, 0) is 35.1 Å². The molecule has 3 saturated heterocycles. The van der Waals surface area contributed by atoms with Gasteiger partial charge in [0.05, 0.1) is 36.6 Å². The van der Waals surface area contributed by atoms with Crippen LogP contribution in [0.4, 0.5) is 0 Å². The Morgan fingerprint density at radius 1 is 1.12 bits per heavy atom. The summed E-state index contributed by atoms with van der Waals surface area (Å²) in [6, 6.07) is 16.4. The van der Waals surface area contributed by atoms with Crippen molar-refractivity contribution < 1.29 is 33.8 Å². The van der Waals surface area contributed by atoms with Crippen LogP contribution < -0.4 is 0 Å². The summed E-state index contributed by atoms with van der Waals surface area (Å²) in [6.07, 6.45) is 4.81. The zero-order valence-corrected chi connectivity index (χ0v) is 32.0. The number of unbranched alkanes of at least 4 members (excludes halogenated alkanes) is 1. The molecule has 3 aliphatic rings. The SMILES string of the molecule is C=CCCC(=O)N(C)[C@H](C)[C@H](OC(=O)[C@@H]1[C@H]2O[C@@]3(CC2Br)[C@H](C(=O)N(CC=C)CCCC)N([C@@H](CO)Cc2ccccc2)C(=O)[C@@H]13)c1ccccc1. The highest BCUT2D eigenvalue weighted by molar-refractivity contribution is 9.09. The van der Waals surface area contributed by atoms with E-state index in [2.05, 4.69) is 29.1 Å². The predicted octanol–water partition coefficient (Wildman–Crippen LogP) is 5.25. The predicted molar refractivity (Wildman–Crippen MR) is 202 cm³/mol. The van der Waals surface area contributed by atoms with Crippen LogP contribution in [0.3, 0.4) is 0 Å². The van der Waals surface area contributed by atoms with E-state index in [9.17, 15) is 24.3 Å². The summed E-state index contributed by atoms with van der Waals surface area (Å²) < 4.78 is 13.2. The lowest BCUT2D eigenvalue weighted by atomic mass is 9.70. The molecule has 0 saturated carbocycles. The van der Waals surface area contributed by atoms with Crippen LogP contribution in [0.25, 0.3) is 0 Å². The number of fused-ring (bicyclic) bond motifs is 1. The van der Waals surface area contributed by atoms with Crippen molar-refractivity contribution in [3.8, 4) is 0 Å². The van der Waals surface area contributed by atoms with Gasteiger partial charge in [-0.15, -0.1) is 13.2 Å². The number of allylic oxidation sites excluding steroid dienone is 1. The number of hydrogen-bond acceptors (Lipinski definition) is 7. The van der Waals surface area contributed by atoms with Gasteiger partial charge in [0.2, 0.25) is 17.7 Å². The second kappa shape index (κ2) is 17.4. The first-order valence-electron chi connectivity index (χ1n) is 18.3. The Morgan fingerprint density at radius 2 is 1.79 bits per heavy atom. The number of benzene rings is 2. The second-order valence-corrected chi connectivity index (χ2v) is 15.4. The molecule has 2 aromatic carbocycles. The largest absolute Gasteiger partial charge is 0.455 e. The highest BCUT2D eigenvalue weighted by Gasteiger charge is 2.77. The van der Waals surface area contributed by atoms with Gasteiger partial charge in [-0.25, -0.2) is 0 Å². The standard InChI is InChI=1S/C41H52BrN3O7/c1-6-9-21-32(47)43(5)27(4)35(29-19-15-12-16-20-29)51-40(50)33-34-38(48)45(30(26-46)24-28-17-13-11-14-18-28)37(41(34)25-31(42)36(33)52-41)39(49)44(22-8-3)23-10-7-2/h6,8,11-20,27,30-31,33-37,46H,1,3,7,9-10,21-26H2,2,4-5H3/t27-,30-,31?,33+,34-,35+,36+,37+,41-/m1/s1. The number of rotatable bonds is 18. The molecule has 0 aromatic heterocycles. The maximum absolute atomic E-state index is 14.9. The Balaban J connectivity index is 1.54. The van der Waals surface area contributed by atoms with E-state index >= 15 is 0 Å². The fourth-order valence-corrected chi connectivity index (χ4v) is 9.18. The van der Waals surface area contributed by atoms with Gasteiger partial charge in [-0.2, -0.15) is 0 Å². The van der Waals surface area contributed by atoms with Gasteiger partial charge in [-0.1, -0.05) is 102 Å². The second-order valence-electron chi connectivity index (χ2n) is 14.2. The van der Waals surface area contributed by atoms with Crippen LogP contribution in [0.15, 0.2) is 86.0 Å². The molecular formula is C41H52BrN3O7. The van der Waals surface area contributed by atoms with Crippen LogP contribution >= 0.6 is 15.9 Å². The molecule has 1 spiro atoms. The van der Waals surface area contributed by atoms with Gasteiger partial charge in [0.25, 0.3) is 0 Å². The summed E-state index contributed by atoms with van der Waals surface area (Å²) >= 11 is 3.76. The van der Waals surface area contributed by atoms with E-state index in [0.29, 0.717) is 31.4 Å². The molecule has 2 bridgehead atoms. The van der Waals surface area contributed by atoms with Gasteiger partial charge in [0.15, 0.2) is 0 Å².